The molecule has 5 aromatic heterocycles. The molecule has 382 valence electrons. The van der Waals surface area contributed by atoms with Crippen LogP contribution in [-0.2, 0) is 0 Å². The average molecular weight is 1070 g/mol. The Bertz CT molecular complexity index is 5820. The fraction of sp³-hybridized carbons (Fsp3) is 0. The van der Waals surface area contributed by atoms with Crippen LogP contribution in [-0.4, -0.2) is 18.3 Å². The normalized spacial score (nSPS) is 12.1. The first-order chi connectivity index (χ1) is 41.2. The number of hydrogen-bond acceptors (Lipinski definition) is 3. The molecule has 13 aromatic carbocycles. The molecule has 0 atom stereocenters. The molecule has 0 unspecified atom stereocenters. The maximum atomic E-state index is 12.7. The van der Waals surface area contributed by atoms with Crippen molar-refractivity contribution in [1.29, 1.82) is 10.5 Å². The highest BCUT2D eigenvalue weighted by atomic mass is 32.1. The molecule has 0 bridgehead atoms. The van der Waals surface area contributed by atoms with E-state index in [-0.39, 0.29) is 11.1 Å². The molecule has 18 rings (SSSR count). The summed E-state index contributed by atoms with van der Waals surface area (Å²) < 4.78 is 11.7. The summed E-state index contributed by atoms with van der Waals surface area (Å²) >= 11 is 1.78. The molecule has 0 saturated carbocycles. The summed E-state index contributed by atoms with van der Waals surface area (Å²) in [6, 6.07) is 96.9. The molecular weight excluding hydrogens is 1030 g/mol. The number of rotatable bonds is 5. The first-order valence-electron chi connectivity index (χ1n) is 28.0. The average Bonchev–Trinajstić information content (AvgIpc) is 2.84. The third-order valence-corrected chi connectivity index (χ3v) is 18.8. The van der Waals surface area contributed by atoms with E-state index in [4.69, 9.17) is 0 Å². The molecule has 0 aliphatic heterocycles. The number of benzene rings is 13. The second-order valence-corrected chi connectivity index (χ2v) is 22.7. The molecule has 6 nitrogen and oxygen atoms in total. The Morgan fingerprint density at radius 2 is 0.651 bits per heavy atom. The molecule has 0 aliphatic carbocycles. The van der Waals surface area contributed by atoms with Gasteiger partial charge in [-0.25, -0.2) is 0 Å². The summed E-state index contributed by atoms with van der Waals surface area (Å²) in [7, 11) is 0. The molecule has 0 aliphatic rings. The minimum absolute atomic E-state index is 0.268. The quantitative estimate of drug-likeness (QED) is 0.161. The lowest BCUT2D eigenvalue weighted by Crippen LogP contribution is -2.17. The monoisotopic (exact) mass is 1070 g/mol. The van der Waals surface area contributed by atoms with E-state index in [1.54, 1.807) is 11.3 Å². The van der Waals surface area contributed by atoms with Gasteiger partial charge in [-0.05, 0) is 87.3 Å². The fourth-order valence-electron chi connectivity index (χ4n) is 14.2. The van der Waals surface area contributed by atoms with E-state index in [1.165, 1.54) is 20.9 Å². The Kier molecular flexibility index (Phi) is 9.42. The lowest BCUT2D eigenvalue weighted by atomic mass is 9.93. The number of hydrogen-bond donors (Lipinski definition) is 0. The van der Waals surface area contributed by atoms with Crippen molar-refractivity contribution in [3.05, 3.63) is 266 Å². The lowest BCUT2D eigenvalue weighted by molar-refractivity contribution is 1.01. The largest absolute Gasteiger partial charge is 0.306 e. The van der Waals surface area contributed by atoms with Crippen molar-refractivity contribution in [2.24, 2.45) is 0 Å². The lowest BCUT2D eigenvalue weighted by Gasteiger charge is -2.28. The SMILES string of the molecule is N#Cc1c(C#N)c(-n2c3cc(-c4cc5ccccc5c5ccccc45)ccc3c3ccc4c5ccccc5sc4c32)c(-n2c3ccccc3c3ccccc32)c(-n2c3ccccc3c3ccccc32)c1-n1c2ccccc2c2ccccc21. The molecule has 5 heterocycles. The van der Waals surface area contributed by atoms with Gasteiger partial charge in [-0.1, -0.05) is 200 Å². The molecule has 0 radical (unpaired) electrons. The summed E-state index contributed by atoms with van der Waals surface area (Å²) in [5, 5.41) is 40.7. The molecule has 0 amide bonds. The van der Waals surface area contributed by atoms with Crippen molar-refractivity contribution >= 4 is 140 Å². The van der Waals surface area contributed by atoms with Gasteiger partial charge in [-0.15, -0.1) is 11.3 Å². The molecule has 0 spiro atoms. The van der Waals surface area contributed by atoms with Gasteiger partial charge >= 0.3 is 0 Å². The van der Waals surface area contributed by atoms with E-state index in [2.05, 4.69) is 285 Å². The Hall–Kier alpha value is -11.2. The van der Waals surface area contributed by atoms with Crippen LogP contribution < -0.4 is 0 Å². The number of para-hydroxylation sites is 6. The molecule has 18 aromatic rings. The molecular formula is C76H42N6S. The number of nitrogens with zero attached hydrogens (tertiary/aromatic N) is 6. The first kappa shape index (κ1) is 45.6. The van der Waals surface area contributed by atoms with Crippen LogP contribution in [0.1, 0.15) is 11.1 Å². The van der Waals surface area contributed by atoms with Crippen molar-refractivity contribution in [1.82, 2.24) is 18.3 Å². The van der Waals surface area contributed by atoms with Crippen molar-refractivity contribution in [3.63, 3.8) is 0 Å². The van der Waals surface area contributed by atoms with Crippen molar-refractivity contribution < 1.29 is 0 Å². The third kappa shape index (κ3) is 6.13. The second-order valence-electron chi connectivity index (χ2n) is 21.7. The van der Waals surface area contributed by atoms with Crippen LogP contribution >= 0.6 is 11.3 Å². The zero-order valence-electron chi connectivity index (χ0n) is 44.3. The highest BCUT2D eigenvalue weighted by Crippen LogP contribution is 2.52. The van der Waals surface area contributed by atoms with Crippen LogP contribution in [0.2, 0.25) is 0 Å². The number of thiophene rings is 1. The van der Waals surface area contributed by atoms with Gasteiger partial charge in [-0.2, -0.15) is 10.5 Å². The molecule has 0 fully saturated rings. The first-order valence-corrected chi connectivity index (χ1v) is 28.8. The topological polar surface area (TPSA) is 67.3 Å². The minimum Gasteiger partial charge on any atom is -0.306 e. The highest BCUT2D eigenvalue weighted by molar-refractivity contribution is 7.26. The summed E-state index contributed by atoms with van der Waals surface area (Å²) in [5.41, 5.74) is 13.1. The number of fused-ring (bicyclic) bond motifs is 19. The molecule has 83 heavy (non-hydrogen) atoms. The Morgan fingerprint density at radius 1 is 0.277 bits per heavy atom. The van der Waals surface area contributed by atoms with E-state index in [0.29, 0.717) is 11.4 Å². The number of nitriles is 2. The van der Waals surface area contributed by atoms with Gasteiger partial charge in [0.05, 0.1) is 82.7 Å². The predicted molar refractivity (Wildman–Crippen MR) is 347 cm³/mol. The van der Waals surface area contributed by atoms with Gasteiger partial charge in [0, 0.05) is 58.6 Å². The van der Waals surface area contributed by atoms with E-state index in [0.717, 1.165) is 131 Å². The van der Waals surface area contributed by atoms with E-state index >= 15 is 0 Å². The molecule has 0 saturated heterocycles. The van der Waals surface area contributed by atoms with Crippen LogP contribution in [0.5, 0.6) is 0 Å². The van der Waals surface area contributed by atoms with Crippen LogP contribution in [0.4, 0.5) is 0 Å². The highest BCUT2D eigenvalue weighted by Gasteiger charge is 2.35. The van der Waals surface area contributed by atoms with Crippen LogP contribution in [0.25, 0.3) is 163 Å². The summed E-state index contributed by atoms with van der Waals surface area (Å²) in [6.07, 6.45) is 0. The van der Waals surface area contributed by atoms with E-state index in [1.807, 2.05) is 0 Å². The predicted octanol–water partition coefficient (Wildman–Crippen LogP) is 20.2. The maximum Gasteiger partial charge on any atom is 0.103 e. The van der Waals surface area contributed by atoms with Gasteiger partial charge in [0.15, 0.2) is 0 Å². The minimum atomic E-state index is 0.268. The van der Waals surface area contributed by atoms with E-state index < -0.39 is 0 Å². The smallest absolute Gasteiger partial charge is 0.103 e. The zero-order valence-corrected chi connectivity index (χ0v) is 45.2. The van der Waals surface area contributed by atoms with Crippen LogP contribution in [0.3, 0.4) is 0 Å². The summed E-state index contributed by atoms with van der Waals surface area (Å²) in [4.78, 5) is 0. The van der Waals surface area contributed by atoms with Gasteiger partial charge in [0.1, 0.15) is 12.1 Å². The van der Waals surface area contributed by atoms with Gasteiger partial charge in [0.25, 0.3) is 0 Å². The van der Waals surface area contributed by atoms with Crippen molar-refractivity contribution in [2.45, 2.75) is 0 Å². The second kappa shape index (κ2) is 17.1. The van der Waals surface area contributed by atoms with Gasteiger partial charge < -0.3 is 18.3 Å². The summed E-state index contributed by atoms with van der Waals surface area (Å²) in [6.45, 7) is 0. The van der Waals surface area contributed by atoms with Crippen molar-refractivity contribution in [2.75, 3.05) is 0 Å². The molecule has 7 heteroatoms. The van der Waals surface area contributed by atoms with Gasteiger partial charge in [0.2, 0.25) is 0 Å². The maximum absolute atomic E-state index is 12.7. The van der Waals surface area contributed by atoms with Gasteiger partial charge in [-0.3, -0.25) is 0 Å². The van der Waals surface area contributed by atoms with E-state index in [9.17, 15) is 10.5 Å². The zero-order chi connectivity index (χ0) is 54.6. The summed E-state index contributed by atoms with van der Waals surface area (Å²) in [5.74, 6) is 0. The third-order valence-electron chi connectivity index (χ3n) is 17.6. The van der Waals surface area contributed by atoms with Crippen LogP contribution in [0, 0.1) is 22.7 Å². The Morgan fingerprint density at radius 3 is 1.16 bits per heavy atom. The van der Waals surface area contributed by atoms with Crippen LogP contribution in [0.15, 0.2) is 255 Å². The van der Waals surface area contributed by atoms with Crippen molar-refractivity contribution in [3.8, 4) is 46.0 Å². The number of aromatic nitrogens is 4. The standard InChI is InChI=1S/C76H42N6S/c77-43-61-62(44-78)72(82-69-42-46(60-41-45-19-1-2-20-47(45)48-21-3-4-22-49(48)60)37-38-56(69)58-39-40-59-57-29-11-18-36-70(57)83-76(59)73(58)82)75(81-67-34-16-9-27-54(67)55-28-10-17-35-68(55)81)74(80-65-32-14-7-25-52(65)53-26-8-15-33-66(53)80)71(61)79-63-30-12-5-23-50(63)51-24-6-13-31-64(51)79/h1-42H. The fourth-order valence-corrected chi connectivity index (χ4v) is 15.5. The Labute approximate surface area is 478 Å². The Balaban J connectivity index is 1.15. The molecule has 0 N–H and O–H groups in total.